The molecule has 1 unspecified atom stereocenters. The van der Waals surface area contributed by atoms with Crippen molar-refractivity contribution in [2.45, 2.75) is 45.6 Å². The molecule has 2 heteroatoms. The summed E-state index contributed by atoms with van der Waals surface area (Å²) in [4.78, 5) is 0. The van der Waals surface area contributed by atoms with Crippen LogP contribution < -0.4 is 5.32 Å². The summed E-state index contributed by atoms with van der Waals surface area (Å²) < 4.78 is 0. The molecule has 0 radical (unpaired) electrons. The molecule has 0 spiro atoms. The van der Waals surface area contributed by atoms with E-state index >= 15 is 0 Å². The molecule has 0 saturated heterocycles. The van der Waals surface area contributed by atoms with Crippen LogP contribution in [0.1, 0.15) is 50.3 Å². The number of hydrogen-bond donors (Lipinski definition) is 2. The lowest BCUT2D eigenvalue weighted by molar-refractivity contribution is 0.206. The maximum Gasteiger partial charge on any atom is 0.0431 e. The van der Waals surface area contributed by atoms with Crippen molar-refractivity contribution in [1.82, 2.24) is 5.32 Å². The Bertz CT molecular complexity index is 386. The van der Waals surface area contributed by atoms with Crippen molar-refractivity contribution in [3.63, 3.8) is 0 Å². The predicted octanol–water partition coefficient (Wildman–Crippen LogP) is 3.06. The minimum absolute atomic E-state index is 0.298. The molecule has 0 heterocycles. The molecule has 0 saturated carbocycles. The fourth-order valence-electron chi connectivity index (χ4n) is 2.94. The summed E-state index contributed by atoms with van der Waals surface area (Å²) in [6, 6.07) is 9.25. The average molecular weight is 247 g/mol. The number of benzene rings is 1. The van der Waals surface area contributed by atoms with Crippen LogP contribution in [0.2, 0.25) is 0 Å². The molecule has 2 nitrogen and oxygen atoms in total. The maximum absolute atomic E-state index is 8.84. The Kier molecular flexibility index (Phi) is 4.41. The first-order chi connectivity index (χ1) is 8.65. The number of aryl methyl sites for hydroxylation is 1. The van der Waals surface area contributed by atoms with E-state index in [1.54, 1.807) is 0 Å². The number of nitrogens with one attached hydrogen (secondary N) is 1. The maximum atomic E-state index is 8.84. The van der Waals surface area contributed by atoms with Gasteiger partial charge in [0.2, 0.25) is 0 Å². The quantitative estimate of drug-likeness (QED) is 0.784. The Balaban J connectivity index is 2.09. The molecule has 0 bridgehead atoms. The normalized spacial score (nSPS) is 21.6. The van der Waals surface area contributed by atoms with Crippen LogP contribution in [-0.4, -0.2) is 18.3 Å². The molecule has 0 fully saturated rings. The summed E-state index contributed by atoms with van der Waals surface area (Å²) in [5.41, 5.74) is 3.28. The Morgan fingerprint density at radius 2 is 2.06 bits per heavy atom. The lowest BCUT2D eigenvalue weighted by atomic mass is 9.70. The zero-order valence-corrected chi connectivity index (χ0v) is 11.6. The lowest BCUT2D eigenvalue weighted by Crippen LogP contribution is -2.38. The van der Waals surface area contributed by atoms with E-state index in [0.717, 1.165) is 19.4 Å². The first-order valence-electron chi connectivity index (χ1n) is 7.07. The van der Waals surface area contributed by atoms with Gasteiger partial charge in [0, 0.05) is 12.6 Å². The van der Waals surface area contributed by atoms with Crippen molar-refractivity contribution in [2.24, 2.45) is 5.41 Å². The number of fused-ring (bicyclic) bond motifs is 1. The molecular weight excluding hydrogens is 222 g/mol. The third-order valence-electron chi connectivity index (χ3n) is 4.12. The van der Waals surface area contributed by atoms with Gasteiger partial charge in [0.25, 0.3) is 0 Å². The van der Waals surface area contributed by atoms with Gasteiger partial charge in [-0.1, -0.05) is 38.1 Å². The highest BCUT2D eigenvalue weighted by Gasteiger charge is 2.34. The first kappa shape index (κ1) is 13.6. The Labute approximate surface area is 110 Å². The summed E-state index contributed by atoms with van der Waals surface area (Å²) in [7, 11) is 0. The van der Waals surface area contributed by atoms with E-state index in [0.29, 0.717) is 18.1 Å². The third kappa shape index (κ3) is 2.93. The molecule has 0 aliphatic heterocycles. The molecule has 1 aliphatic rings. The second-order valence-corrected chi connectivity index (χ2v) is 6.01. The van der Waals surface area contributed by atoms with E-state index in [-0.39, 0.29) is 0 Å². The molecule has 18 heavy (non-hydrogen) atoms. The highest BCUT2D eigenvalue weighted by atomic mass is 16.2. The van der Waals surface area contributed by atoms with Gasteiger partial charge in [-0.3, -0.25) is 0 Å². The van der Waals surface area contributed by atoms with E-state index in [1.807, 2.05) is 0 Å². The zero-order chi connectivity index (χ0) is 13.0. The number of unbranched alkanes of at least 4 members (excludes halogenated alkanes) is 1. The SMILES string of the molecule is CC1(C)CCc2ccccc2C1NCCCCO. The van der Waals surface area contributed by atoms with Crippen LogP contribution >= 0.6 is 0 Å². The van der Waals surface area contributed by atoms with Crippen LogP contribution in [0.15, 0.2) is 24.3 Å². The topological polar surface area (TPSA) is 32.3 Å². The third-order valence-corrected chi connectivity index (χ3v) is 4.12. The Hall–Kier alpha value is -0.860. The van der Waals surface area contributed by atoms with Gasteiger partial charge in [0.15, 0.2) is 0 Å². The number of rotatable bonds is 5. The monoisotopic (exact) mass is 247 g/mol. The highest BCUT2D eigenvalue weighted by molar-refractivity contribution is 5.34. The zero-order valence-electron chi connectivity index (χ0n) is 11.6. The van der Waals surface area contributed by atoms with E-state index in [2.05, 4.69) is 43.4 Å². The standard InChI is InChI=1S/C16H25NO/c1-16(2)10-9-13-7-3-4-8-14(13)15(16)17-11-5-6-12-18/h3-4,7-8,15,17-18H,5-6,9-12H2,1-2H3. The minimum Gasteiger partial charge on any atom is -0.396 e. The molecule has 1 aromatic rings. The van der Waals surface area contributed by atoms with Crippen molar-refractivity contribution < 1.29 is 5.11 Å². The van der Waals surface area contributed by atoms with Crippen molar-refractivity contribution in [3.05, 3.63) is 35.4 Å². The number of aliphatic hydroxyl groups is 1. The first-order valence-corrected chi connectivity index (χ1v) is 7.07. The Morgan fingerprint density at radius 1 is 1.28 bits per heavy atom. The van der Waals surface area contributed by atoms with Gasteiger partial charge in [-0.2, -0.15) is 0 Å². The van der Waals surface area contributed by atoms with Gasteiger partial charge in [-0.15, -0.1) is 0 Å². The molecule has 1 aliphatic carbocycles. The molecule has 1 aromatic carbocycles. The summed E-state index contributed by atoms with van der Waals surface area (Å²) >= 11 is 0. The van der Waals surface area contributed by atoms with Gasteiger partial charge >= 0.3 is 0 Å². The molecule has 2 rings (SSSR count). The van der Waals surface area contributed by atoms with E-state index in [1.165, 1.54) is 24.0 Å². The van der Waals surface area contributed by atoms with E-state index in [4.69, 9.17) is 5.11 Å². The molecule has 0 aromatic heterocycles. The van der Waals surface area contributed by atoms with Crippen LogP contribution in [0.25, 0.3) is 0 Å². The molecule has 100 valence electrons. The summed E-state index contributed by atoms with van der Waals surface area (Å²) in [5.74, 6) is 0. The number of aliphatic hydroxyl groups excluding tert-OH is 1. The van der Waals surface area contributed by atoms with Crippen LogP contribution in [0.3, 0.4) is 0 Å². The lowest BCUT2D eigenvalue weighted by Gasteiger charge is -2.40. The molecule has 2 N–H and O–H groups in total. The van der Waals surface area contributed by atoms with Gasteiger partial charge in [0.1, 0.15) is 0 Å². The highest BCUT2D eigenvalue weighted by Crippen LogP contribution is 2.43. The summed E-state index contributed by atoms with van der Waals surface area (Å²) in [6.45, 7) is 5.99. The van der Waals surface area contributed by atoms with Gasteiger partial charge in [-0.05, 0) is 48.8 Å². The van der Waals surface area contributed by atoms with Crippen molar-refractivity contribution in [2.75, 3.05) is 13.2 Å². The fourth-order valence-corrected chi connectivity index (χ4v) is 2.94. The molecular formula is C16H25NO. The van der Waals surface area contributed by atoms with Crippen LogP contribution in [0.5, 0.6) is 0 Å². The second kappa shape index (κ2) is 5.85. The van der Waals surface area contributed by atoms with E-state index < -0.39 is 0 Å². The van der Waals surface area contributed by atoms with E-state index in [9.17, 15) is 0 Å². The van der Waals surface area contributed by atoms with Crippen LogP contribution in [0.4, 0.5) is 0 Å². The molecule has 0 amide bonds. The van der Waals surface area contributed by atoms with Gasteiger partial charge in [-0.25, -0.2) is 0 Å². The van der Waals surface area contributed by atoms with Crippen molar-refractivity contribution in [1.29, 1.82) is 0 Å². The fraction of sp³-hybridized carbons (Fsp3) is 0.625. The number of hydrogen-bond acceptors (Lipinski definition) is 2. The van der Waals surface area contributed by atoms with Gasteiger partial charge < -0.3 is 10.4 Å². The minimum atomic E-state index is 0.298. The summed E-state index contributed by atoms with van der Waals surface area (Å²) in [6.07, 6.45) is 4.37. The largest absolute Gasteiger partial charge is 0.396 e. The average Bonchev–Trinajstić information content (AvgIpc) is 2.36. The van der Waals surface area contributed by atoms with Crippen molar-refractivity contribution in [3.8, 4) is 0 Å². The second-order valence-electron chi connectivity index (χ2n) is 6.01. The predicted molar refractivity (Wildman–Crippen MR) is 75.6 cm³/mol. The van der Waals surface area contributed by atoms with Gasteiger partial charge in [0.05, 0.1) is 0 Å². The Morgan fingerprint density at radius 3 is 2.83 bits per heavy atom. The molecule has 1 atom stereocenters. The smallest absolute Gasteiger partial charge is 0.0431 e. The van der Waals surface area contributed by atoms with Crippen LogP contribution in [-0.2, 0) is 6.42 Å². The van der Waals surface area contributed by atoms with Crippen LogP contribution in [0, 0.1) is 5.41 Å². The summed E-state index contributed by atoms with van der Waals surface area (Å²) in [5, 5.41) is 12.5. The van der Waals surface area contributed by atoms with Crippen molar-refractivity contribution >= 4 is 0 Å².